The number of aromatic nitrogens is 3. The van der Waals surface area contributed by atoms with Crippen LogP contribution in [-0.2, 0) is 10.0 Å². The van der Waals surface area contributed by atoms with E-state index in [2.05, 4.69) is 15.3 Å². The molecule has 25 heavy (non-hydrogen) atoms. The number of carbonyl (C=O) groups excluding carboxylic acids is 1. The van der Waals surface area contributed by atoms with Crippen molar-refractivity contribution >= 4 is 21.6 Å². The molecular weight excluding hydrogens is 344 g/mol. The maximum absolute atomic E-state index is 12.6. The number of rotatable bonds is 5. The number of pyridine rings is 2. The Morgan fingerprint density at radius 3 is 2.64 bits per heavy atom. The van der Waals surface area contributed by atoms with E-state index in [-0.39, 0.29) is 10.6 Å². The molecule has 0 saturated heterocycles. The molecule has 3 aromatic heterocycles. The van der Waals surface area contributed by atoms with Gasteiger partial charge in [0.15, 0.2) is 0 Å². The molecule has 8 nitrogen and oxygen atoms in total. The average Bonchev–Trinajstić information content (AvgIpc) is 3.12. The van der Waals surface area contributed by atoms with Crippen LogP contribution in [0.3, 0.4) is 0 Å². The number of hydrogen-bond acceptors (Lipinski definition) is 6. The number of nitrogens with one attached hydrogen (secondary N) is 1. The summed E-state index contributed by atoms with van der Waals surface area (Å²) in [7, 11) is -2.37. The fourth-order valence-corrected chi connectivity index (χ4v) is 3.20. The van der Waals surface area contributed by atoms with Crippen LogP contribution in [0.25, 0.3) is 0 Å². The highest BCUT2D eigenvalue weighted by molar-refractivity contribution is 7.90. The van der Waals surface area contributed by atoms with Gasteiger partial charge in [0, 0.05) is 24.7 Å². The lowest BCUT2D eigenvalue weighted by atomic mass is 10.3. The van der Waals surface area contributed by atoms with Crippen molar-refractivity contribution in [3.05, 3.63) is 66.9 Å². The van der Waals surface area contributed by atoms with Gasteiger partial charge in [-0.25, -0.2) is 17.4 Å². The monoisotopic (exact) mass is 358 g/mol. The zero-order valence-corrected chi connectivity index (χ0v) is 14.0. The molecule has 0 spiro atoms. The molecule has 3 heterocycles. The van der Waals surface area contributed by atoms with Gasteiger partial charge < -0.3 is 10.1 Å². The van der Waals surface area contributed by atoms with E-state index in [1.165, 1.54) is 50.1 Å². The number of anilines is 1. The Labute approximate surface area is 144 Å². The summed E-state index contributed by atoms with van der Waals surface area (Å²) in [6.45, 7) is 0. The molecule has 0 bridgehead atoms. The summed E-state index contributed by atoms with van der Waals surface area (Å²) in [6, 6.07) is 9.28. The number of carbonyl (C=O) groups is 1. The zero-order chi connectivity index (χ0) is 17.9. The van der Waals surface area contributed by atoms with Gasteiger partial charge in [0.1, 0.15) is 10.6 Å². The second-order valence-electron chi connectivity index (χ2n) is 4.94. The zero-order valence-electron chi connectivity index (χ0n) is 13.2. The third-order valence-electron chi connectivity index (χ3n) is 3.32. The molecule has 0 aliphatic carbocycles. The lowest BCUT2D eigenvalue weighted by Crippen LogP contribution is -2.14. The first-order valence-corrected chi connectivity index (χ1v) is 8.61. The summed E-state index contributed by atoms with van der Waals surface area (Å²) in [5.41, 5.74) is 0.568. The molecule has 128 valence electrons. The smallest absolute Gasteiger partial charge is 0.274 e. The minimum absolute atomic E-state index is 0.00602. The van der Waals surface area contributed by atoms with Crippen molar-refractivity contribution < 1.29 is 17.9 Å². The molecule has 0 fully saturated rings. The Morgan fingerprint density at radius 2 is 2.00 bits per heavy atom. The second kappa shape index (κ2) is 6.73. The molecule has 0 atom stereocenters. The van der Waals surface area contributed by atoms with Crippen LogP contribution >= 0.6 is 0 Å². The quantitative estimate of drug-likeness (QED) is 0.746. The maximum atomic E-state index is 12.6. The van der Waals surface area contributed by atoms with Gasteiger partial charge in [0.05, 0.1) is 19.0 Å². The lowest BCUT2D eigenvalue weighted by molar-refractivity contribution is 0.102. The van der Waals surface area contributed by atoms with E-state index in [1.54, 1.807) is 18.2 Å². The van der Waals surface area contributed by atoms with Crippen LogP contribution in [0, 0.1) is 0 Å². The van der Waals surface area contributed by atoms with Gasteiger partial charge in [0.2, 0.25) is 5.88 Å². The van der Waals surface area contributed by atoms with Gasteiger partial charge in [-0.3, -0.25) is 9.78 Å². The van der Waals surface area contributed by atoms with Crippen molar-refractivity contribution in [2.45, 2.75) is 4.90 Å². The highest BCUT2D eigenvalue weighted by Gasteiger charge is 2.18. The van der Waals surface area contributed by atoms with Gasteiger partial charge in [-0.15, -0.1) is 0 Å². The lowest BCUT2D eigenvalue weighted by Gasteiger charge is -2.06. The minimum atomic E-state index is -3.81. The molecule has 0 aliphatic heterocycles. The fourth-order valence-electron chi connectivity index (χ4n) is 2.05. The van der Waals surface area contributed by atoms with E-state index in [0.29, 0.717) is 11.6 Å². The second-order valence-corrected chi connectivity index (χ2v) is 6.78. The van der Waals surface area contributed by atoms with Gasteiger partial charge in [-0.1, -0.05) is 6.07 Å². The first-order chi connectivity index (χ1) is 12.0. The summed E-state index contributed by atoms with van der Waals surface area (Å²) in [4.78, 5) is 19.9. The Bertz CT molecular complexity index is 982. The van der Waals surface area contributed by atoms with Crippen molar-refractivity contribution in [3.63, 3.8) is 0 Å². The first kappa shape index (κ1) is 16.7. The molecule has 1 amide bonds. The molecule has 1 N–H and O–H groups in total. The number of ether oxygens (including phenoxy) is 1. The molecule has 3 rings (SSSR count). The molecule has 0 aromatic carbocycles. The molecule has 0 aliphatic rings. The van der Waals surface area contributed by atoms with E-state index in [9.17, 15) is 13.2 Å². The van der Waals surface area contributed by atoms with Crippen molar-refractivity contribution in [3.8, 4) is 5.88 Å². The predicted octanol–water partition coefficient (Wildman–Crippen LogP) is 1.78. The van der Waals surface area contributed by atoms with E-state index in [1.807, 2.05) is 0 Å². The fraction of sp³-hybridized carbons (Fsp3) is 0.0625. The summed E-state index contributed by atoms with van der Waals surface area (Å²) in [5, 5.41) is 2.60. The highest BCUT2D eigenvalue weighted by Crippen LogP contribution is 2.18. The summed E-state index contributed by atoms with van der Waals surface area (Å²) in [5.74, 6) is -0.114. The summed E-state index contributed by atoms with van der Waals surface area (Å²) in [6.07, 6.45) is 5.36. The molecule has 3 aromatic rings. The molecule has 0 unspecified atom stereocenters. The van der Waals surface area contributed by atoms with Gasteiger partial charge >= 0.3 is 0 Å². The summed E-state index contributed by atoms with van der Waals surface area (Å²) >= 11 is 0. The largest absolute Gasteiger partial charge is 0.481 e. The van der Waals surface area contributed by atoms with E-state index in [0.717, 1.165) is 3.97 Å². The van der Waals surface area contributed by atoms with Crippen LogP contribution < -0.4 is 10.1 Å². The van der Waals surface area contributed by atoms with Crippen LogP contribution in [0.5, 0.6) is 5.88 Å². The number of amides is 1. The Balaban J connectivity index is 1.81. The molecule has 9 heteroatoms. The number of hydrogen-bond donors (Lipinski definition) is 1. The average molecular weight is 358 g/mol. The first-order valence-electron chi connectivity index (χ1n) is 7.17. The minimum Gasteiger partial charge on any atom is -0.481 e. The van der Waals surface area contributed by atoms with E-state index >= 15 is 0 Å². The number of nitrogens with zero attached hydrogens (tertiary/aromatic N) is 3. The third-order valence-corrected chi connectivity index (χ3v) is 4.94. The van der Waals surface area contributed by atoms with Crippen LogP contribution in [0.2, 0.25) is 0 Å². The van der Waals surface area contributed by atoms with Gasteiger partial charge in [-0.05, 0) is 24.3 Å². The highest BCUT2D eigenvalue weighted by atomic mass is 32.2. The molecular formula is C16H14N4O4S. The molecule has 0 saturated carbocycles. The number of methoxy groups -OCH3 is 1. The van der Waals surface area contributed by atoms with Gasteiger partial charge in [0.25, 0.3) is 15.9 Å². The Kier molecular flexibility index (Phi) is 4.48. The van der Waals surface area contributed by atoms with Crippen LogP contribution in [-0.4, -0.2) is 35.4 Å². The van der Waals surface area contributed by atoms with Crippen molar-refractivity contribution in [1.82, 2.24) is 13.9 Å². The normalized spacial score (nSPS) is 11.1. The van der Waals surface area contributed by atoms with Crippen LogP contribution in [0.1, 0.15) is 10.5 Å². The van der Waals surface area contributed by atoms with Crippen molar-refractivity contribution in [2.75, 3.05) is 12.4 Å². The van der Waals surface area contributed by atoms with Crippen molar-refractivity contribution in [2.24, 2.45) is 0 Å². The SMILES string of the molecule is COc1ccc(S(=O)(=O)n2ccc(NC(=O)c3ccccn3)c2)cn1. The van der Waals surface area contributed by atoms with Crippen molar-refractivity contribution in [1.29, 1.82) is 0 Å². The van der Waals surface area contributed by atoms with Gasteiger partial charge in [-0.2, -0.15) is 0 Å². The predicted molar refractivity (Wildman–Crippen MR) is 90.0 cm³/mol. The van der Waals surface area contributed by atoms with E-state index < -0.39 is 15.9 Å². The Morgan fingerprint density at radius 1 is 1.16 bits per heavy atom. The van der Waals surface area contributed by atoms with Crippen LogP contribution in [0.15, 0.2) is 66.1 Å². The van der Waals surface area contributed by atoms with E-state index in [4.69, 9.17) is 4.74 Å². The molecule has 0 radical (unpaired) electrons. The third kappa shape index (κ3) is 3.50. The Hall–Kier alpha value is -3.20. The topological polar surface area (TPSA) is 103 Å². The standard InChI is InChI=1S/C16H14N4O4S/c1-24-15-6-5-13(10-18-15)25(22,23)20-9-7-12(11-20)19-16(21)14-4-2-3-8-17-14/h2-11H,1H3,(H,19,21). The summed E-state index contributed by atoms with van der Waals surface area (Å²) < 4.78 is 31.0. The maximum Gasteiger partial charge on any atom is 0.274 e. The van der Waals surface area contributed by atoms with Crippen LogP contribution in [0.4, 0.5) is 5.69 Å².